The summed E-state index contributed by atoms with van der Waals surface area (Å²) in [6.45, 7) is 5.17. The van der Waals surface area contributed by atoms with Gasteiger partial charge in [-0.25, -0.2) is 8.42 Å². The fourth-order valence-electron chi connectivity index (χ4n) is 2.66. The highest BCUT2D eigenvalue weighted by atomic mass is 35.5. The lowest BCUT2D eigenvalue weighted by molar-refractivity contribution is 0.222. The van der Waals surface area contributed by atoms with Gasteiger partial charge in [0.05, 0.1) is 10.0 Å². The summed E-state index contributed by atoms with van der Waals surface area (Å²) in [6, 6.07) is 4.75. The second-order valence-corrected chi connectivity index (χ2v) is 8.01. The lowest BCUT2D eigenvalue weighted by Crippen LogP contribution is -2.42. The molecule has 1 fully saturated rings. The van der Waals surface area contributed by atoms with Crippen molar-refractivity contribution in [2.45, 2.75) is 25.2 Å². The van der Waals surface area contributed by atoms with Crippen molar-refractivity contribution >= 4 is 33.2 Å². The topological polar surface area (TPSA) is 37.4 Å². The zero-order valence-electron chi connectivity index (χ0n) is 10.9. The number of sulfonamides is 1. The van der Waals surface area contributed by atoms with E-state index < -0.39 is 10.0 Å². The third-order valence-electron chi connectivity index (χ3n) is 3.35. The predicted octanol–water partition coefficient (Wildman–Crippen LogP) is 3.66. The highest BCUT2D eigenvalue weighted by Crippen LogP contribution is 2.34. The Morgan fingerprint density at radius 2 is 1.58 bits per heavy atom. The monoisotopic (exact) mass is 321 g/mol. The molecule has 1 aliphatic rings. The molecule has 2 atom stereocenters. The molecule has 19 heavy (non-hydrogen) atoms. The first kappa shape index (κ1) is 15.1. The molecule has 1 saturated heterocycles. The molecule has 2 rings (SSSR count). The Labute approximate surface area is 124 Å². The van der Waals surface area contributed by atoms with E-state index in [2.05, 4.69) is 13.8 Å². The Morgan fingerprint density at radius 1 is 1.11 bits per heavy atom. The van der Waals surface area contributed by atoms with Gasteiger partial charge in [-0.3, -0.25) is 0 Å². The van der Waals surface area contributed by atoms with Gasteiger partial charge in [0.1, 0.15) is 4.90 Å². The molecule has 0 saturated carbocycles. The molecule has 1 heterocycles. The number of benzene rings is 1. The van der Waals surface area contributed by atoms with Gasteiger partial charge in [0, 0.05) is 13.1 Å². The molecule has 106 valence electrons. The molecule has 1 aromatic rings. The second-order valence-electron chi connectivity index (χ2n) is 5.32. The third-order valence-corrected chi connectivity index (χ3v) is 6.14. The van der Waals surface area contributed by atoms with Crippen LogP contribution in [0.2, 0.25) is 10.0 Å². The molecule has 0 amide bonds. The molecule has 1 aromatic carbocycles. The van der Waals surface area contributed by atoms with E-state index in [0.29, 0.717) is 24.9 Å². The Hall–Kier alpha value is -0.290. The van der Waals surface area contributed by atoms with Crippen LogP contribution in [0.25, 0.3) is 0 Å². The van der Waals surface area contributed by atoms with Crippen LogP contribution in [0.5, 0.6) is 0 Å². The molecular weight excluding hydrogens is 305 g/mol. The van der Waals surface area contributed by atoms with Crippen molar-refractivity contribution in [3.63, 3.8) is 0 Å². The van der Waals surface area contributed by atoms with Crippen LogP contribution in [-0.2, 0) is 10.0 Å². The van der Waals surface area contributed by atoms with Gasteiger partial charge in [-0.2, -0.15) is 4.31 Å². The van der Waals surface area contributed by atoms with E-state index in [-0.39, 0.29) is 14.9 Å². The largest absolute Gasteiger partial charge is 0.246 e. The SMILES string of the molecule is C[C@H]1C[C@H](C)CN(S(=O)(=O)c2c(Cl)cccc2Cl)C1. The minimum Gasteiger partial charge on any atom is -0.207 e. The van der Waals surface area contributed by atoms with E-state index >= 15 is 0 Å². The number of rotatable bonds is 2. The maximum atomic E-state index is 12.7. The van der Waals surface area contributed by atoms with Crippen LogP contribution in [0.3, 0.4) is 0 Å². The van der Waals surface area contributed by atoms with Crippen molar-refractivity contribution in [1.82, 2.24) is 4.31 Å². The van der Waals surface area contributed by atoms with Crippen molar-refractivity contribution in [3.05, 3.63) is 28.2 Å². The number of halogens is 2. The Balaban J connectivity index is 2.42. The fraction of sp³-hybridized carbons (Fsp3) is 0.538. The quantitative estimate of drug-likeness (QED) is 0.833. The molecule has 6 heteroatoms. The Bertz CT molecular complexity index is 544. The molecule has 0 unspecified atom stereocenters. The first-order chi connectivity index (χ1) is 8.82. The summed E-state index contributed by atoms with van der Waals surface area (Å²) in [6.07, 6.45) is 1.04. The molecular formula is C13H17Cl2NO2S. The fourth-order valence-corrected chi connectivity index (χ4v) is 5.43. The lowest BCUT2D eigenvalue weighted by Gasteiger charge is -2.34. The zero-order chi connectivity index (χ0) is 14.2. The van der Waals surface area contributed by atoms with E-state index in [1.54, 1.807) is 18.2 Å². The maximum absolute atomic E-state index is 12.7. The molecule has 0 spiro atoms. The standard InChI is InChI=1S/C13H17Cl2NO2S/c1-9-6-10(2)8-16(7-9)19(17,18)13-11(14)4-3-5-12(13)15/h3-5,9-10H,6-8H2,1-2H3/t9-,10-/m0/s1. The van der Waals surface area contributed by atoms with Crippen molar-refractivity contribution < 1.29 is 8.42 Å². The van der Waals surface area contributed by atoms with Gasteiger partial charge in [-0.05, 0) is 30.4 Å². The number of nitrogens with zero attached hydrogens (tertiary/aromatic N) is 1. The summed E-state index contributed by atoms with van der Waals surface area (Å²) >= 11 is 12.0. The summed E-state index contributed by atoms with van der Waals surface area (Å²) in [5, 5.41) is 0.358. The van der Waals surface area contributed by atoms with E-state index in [9.17, 15) is 8.42 Å². The molecule has 0 aliphatic carbocycles. The third kappa shape index (κ3) is 3.07. The highest BCUT2D eigenvalue weighted by molar-refractivity contribution is 7.89. The van der Waals surface area contributed by atoms with E-state index in [4.69, 9.17) is 23.2 Å². The summed E-state index contributed by atoms with van der Waals surface area (Å²) in [5.41, 5.74) is 0. The van der Waals surface area contributed by atoms with Gasteiger partial charge in [-0.1, -0.05) is 43.1 Å². The van der Waals surface area contributed by atoms with Gasteiger partial charge in [0.2, 0.25) is 10.0 Å². The van der Waals surface area contributed by atoms with Crippen LogP contribution in [0.1, 0.15) is 20.3 Å². The van der Waals surface area contributed by atoms with Crippen LogP contribution in [-0.4, -0.2) is 25.8 Å². The van der Waals surface area contributed by atoms with Crippen molar-refractivity contribution in [2.24, 2.45) is 11.8 Å². The van der Waals surface area contributed by atoms with E-state index in [1.807, 2.05) is 0 Å². The van der Waals surface area contributed by atoms with Crippen LogP contribution in [0, 0.1) is 11.8 Å². The first-order valence-electron chi connectivity index (χ1n) is 6.26. The van der Waals surface area contributed by atoms with Crippen LogP contribution >= 0.6 is 23.2 Å². The smallest absolute Gasteiger partial charge is 0.207 e. The van der Waals surface area contributed by atoms with Gasteiger partial charge in [-0.15, -0.1) is 0 Å². The predicted molar refractivity (Wildman–Crippen MR) is 78.2 cm³/mol. The molecule has 0 aromatic heterocycles. The summed E-state index contributed by atoms with van der Waals surface area (Å²) < 4.78 is 26.9. The highest BCUT2D eigenvalue weighted by Gasteiger charge is 2.34. The molecule has 0 bridgehead atoms. The summed E-state index contributed by atoms with van der Waals surface area (Å²) in [4.78, 5) is 0.0274. The lowest BCUT2D eigenvalue weighted by atomic mass is 9.94. The number of hydrogen-bond donors (Lipinski definition) is 0. The average molecular weight is 322 g/mol. The molecule has 1 aliphatic heterocycles. The zero-order valence-corrected chi connectivity index (χ0v) is 13.3. The molecule has 0 N–H and O–H groups in total. The van der Waals surface area contributed by atoms with Crippen molar-refractivity contribution in [1.29, 1.82) is 0 Å². The summed E-state index contributed by atoms with van der Waals surface area (Å²) in [5.74, 6) is 0.694. The minimum absolute atomic E-state index is 0.0274. The van der Waals surface area contributed by atoms with E-state index in [1.165, 1.54) is 4.31 Å². The maximum Gasteiger partial charge on any atom is 0.246 e. The van der Waals surface area contributed by atoms with Crippen LogP contribution in [0.15, 0.2) is 23.1 Å². The van der Waals surface area contributed by atoms with Gasteiger partial charge < -0.3 is 0 Å². The minimum atomic E-state index is -3.62. The van der Waals surface area contributed by atoms with Crippen molar-refractivity contribution in [3.8, 4) is 0 Å². The van der Waals surface area contributed by atoms with Gasteiger partial charge >= 0.3 is 0 Å². The first-order valence-corrected chi connectivity index (χ1v) is 8.46. The number of hydrogen-bond acceptors (Lipinski definition) is 2. The number of piperidine rings is 1. The van der Waals surface area contributed by atoms with Crippen molar-refractivity contribution in [2.75, 3.05) is 13.1 Å². The Morgan fingerprint density at radius 3 is 2.05 bits per heavy atom. The van der Waals surface area contributed by atoms with Crippen LogP contribution < -0.4 is 0 Å². The summed E-state index contributed by atoms with van der Waals surface area (Å²) in [7, 11) is -3.62. The normalized spacial score (nSPS) is 25.5. The average Bonchev–Trinajstić information content (AvgIpc) is 2.26. The molecule has 0 radical (unpaired) electrons. The van der Waals surface area contributed by atoms with Crippen LogP contribution in [0.4, 0.5) is 0 Å². The molecule has 3 nitrogen and oxygen atoms in total. The van der Waals surface area contributed by atoms with E-state index in [0.717, 1.165) is 6.42 Å². The Kier molecular flexibility index (Phi) is 4.45. The van der Waals surface area contributed by atoms with Gasteiger partial charge in [0.25, 0.3) is 0 Å². The second kappa shape index (κ2) is 5.60. The van der Waals surface area contributed by atoms with Gasteiger partial charge in [0.15, 0.2) is 0 Å².